The maximum Gasteiger partial charge on any atom is 0.239 e. The quantitative estimate of drug-likeness (QED) is 0.645. The minimum Gasteiger partial charge on any atom is -0.348 e. The predicted molar refractivity (Wildman–Crippen MR) is 103 cm³/mol. The number of benzene rings is 1. The Morgan fingerprint density at radius 1 is 1.22 bits per heavy atom. The van der Waals surface area contributed by atoms with Gasteiger partial charge in [-0.15, -0.1) is 0 Å². The fraction of sp³-hybridized carbons (Fsp3) is 0.350. The zero-order chi connectivity index (χ0) is 18.6. The normalized spacial score (nSPS) is 16.4. The third kappa shape index (κ3) is 3.78. The van der Waals surface area contributed by atoms with Gasteiger partial charge >= 0.3 is 0 Å². The van der Waals surface area contributed by atoms with E-state index in [0.717, 1.165) is 29.8 Å². The maximum absolute atomic E-state index is 12.7. The first-order valence-corrected chi connectivity index (χ1v) is 9.32. The van der Waals surface area contributed by atoms with Crippen LogP contribution < -0.4 is 5.73 Å². The molecule has 1 atom stereocenters. The number of nitrogens with two attached hydrogens (primary N) is 1. The van der Waals surface area contributed by atoms with Gasteiger partial charge in [0.15, 0.2) is 0 Å². The molecule has 4 rings (SSSR count). The molecule has 2 aromatic heterocycles. The van der Waals surface area contributed by atoms with E-state index in [1.54, 1.807) is 12.5 Å². The van der Waals surface area contributed by atoms with Crippen LogP contribution in [0.2, 0.25) is 0 Å². The summed E-state index contributed by atoms with van der Waals surface area (Å²) in [6.45, 7) is 1.43. The van der Waals surface area contributed by atoms with Crippen LogP contribution in [0, 0.1) is 0 Å². The first-order chi connectivity index (χ1) is 13.2. The number of carbonyl (C=O) groups excluding carboxylic acids is 1. The van der Waals surface area contributed by atoms with Crippen LogP contribution in [0.25, 0.3) is 11.1 Å². The second kappa shape index (κ2) is 7.75. The van der Waals surface area contributed by atoms with Crippen LogP contribution in [0.1, 0.15) is 30.1 Å². The Morgan fingerprint density at radius 2 is 2.00 bits per heavy atom. The summed E-state index contributed by atoms with van der Waals surface area (Å²) in [6, 6.07) is 9.75. The van der Waals surface area contributed by atoms with Crippen molar-refractivity contribution in [3.63, 3.8) is 0 Å². The zero-order valence-corrected chi connectivity index (χ0v) is 15.1. The zero-order valence-electron chi connectivity index (χ0n) is 15.1. The Hall–Kier alpha value is -2.93. The van der Waals surface area contributed by atoms with Crippen molar-refractivity contribution < 1.29 is 4.79 Å². The summed E-state index contributed by atoms with van der Waals surface area (Å²) in [4.78, 5) is 21.5. The molecule has 0 bridgehead atoms. The summed E-state index contributed by atoms with van der Waals surface area (Å²) in [5, 5.41) is 7.44. The fourth-order valence-corrected chi connectivity index (χ4v) is 3.80. The number of aromatic nitrogens is 4. The largest absolute Gasteiger partial charge is 0.348 e. The molecular weight excluding hydrogens is 340 g/mol. The van der Waals surface area contributed by atoms with E-state index in [1.165, 1.54) is 5.56 Å². The second-order valence-corrected chi connectivity index (χ2v) is 7.05. The maximum atomic E-state index is 12.7. The summed E-state index contributed by atoms with van der Waals surface area (Å²) in [5.41, 5.74) is 10.5. The molecule has 0 unspecified atom stereocenters. The van der Waals surface area contributed by atoms with Crippen molar-refractivity contribution in [2.24, 2.45) is 5.73 Å². The fourth-order valence-electron chi connectivity index (χ4n) is 3.80. The van der Waals surface area contributed by atoms with Crippen LogP contribution in [0.3, 0.4) is 0 Å². The number of H-pyrrole nitrogens is 2. The second-order valence-electron chi connectivity index (χ2n) is 7.05. The Kier molecular flexibility index (Phi) is 5.02. The highest BCUT2D eigenvalue weighted by Crippen LogP contribution is 2.33. The molecule has 0 aliphatic carbocycles. The minimum absolute atomic E-state index is 0.0101. The smallest absolute Gasteiger partial charge is 0.239 e. The Morgan fingerprint density at radius 3 is 2.70 bits per heavy atom. The number of likely N-dealkylation sites (tertiary alicyclic amines) is 1. The van der Waals surface area contributed by atoms with Crippen molar-refractivity contribution in [3.8, 4) is 11.1 Å². The molecule has 4 N–H and O–H groups in total. The molecule has 27 heavy (non-hydrogen) atoms. The number of hydrogen-bond acceptors (Lipinski definition) is 4. The third-order valence-corrected chi connectivity index (χ3v) is 5.28. The number of carbonyl (C=O) groups is 1. The van der Waals surface area contributed by atoms with Crippen molar-refractivity contribution in [2.75, 3.05) is 13.1 Å². The SMILES string of the molecule is N[C@@H](Cc1cnc[nH]1)C(=O)N1CCC(c2[nH]ncc2-c2ccccc2)CC1. The van der Waals surface area contributed by atoms with Gasteiger partial charge in [-0.25, -0.2) is 4.98 Å². The lowest BCUT2D eigenvalue weighted by atomic mass is 9.89. The van der Waals surface area contributed by atoms with Crippen LogP contribution in [0.15, 0.2) is 49.1 Å². The van der Waals surface area contributed by atoms with E-state index in [1.807, 2.05) is 29.3 Å². The molecule has 3 aromatic rings. The summed E-state index contributed by atoms with van der Waals surface area (Å²) in [5.74, 6) is 0.381. The van der Waals surface area contributed by atoms with E-state index in [4.69, 9.17) is 5.73 Å². The van der Waals surface area contributed by atoms with E-state index < -0.39 is 6.04 Å². The third-order valence-electron chi connectivity index (χ3n) is 5.28. The van der Waals surface area contributed by atoms with E-state index in [0.29, 0.717) is 25.4 Å². The van der Waals surface area contributed by atoms with Gasteiger partial charge in [0.1, 0.15) is 0 Å². The Balaban J connectivity index is 1.38. The molecule has 1 amide bonds. The van der Waals surface area contributed by atoms with Gasteiger partial charge in [0.2, 0.25) is 5.91 Å². The van der Waals surface area contributed by atoms with Gasteiger partial charge in [0, 0.05) is 48.6 Å². The Labute approximate surface area is 158 Å². The average molecular weight is 364 g/mol. The van der Waals surface area contributed by atoms with Gasteiger partial charge in [-0.2, -0.15) is 5.10 Å². The van der Waals surface area contributed by atoms with Crippen LogP contribution in [0.4, 0.5) is 0 Å². The van der Waals surface area contributed by atoms with Crippen molar-refractivity contribution in [2.45, 2.75) is 31.2 Å². The molecule has 7 heteroatoms. The highest BCUT2D eigenvalue weighted by Gasteiger charge is 2.29. The lowest BCUT2D eigenvalue weighted by Crippen LogP contribution is -2.47. The molecule has 0 radical (unpaired) electrons. The average Bonchev–Trinajstić information content (AvgIpc) is 3.40. The van der Waals surface area contributed by atoms with Gasteiger partial charge in [-0.1, -0.05) is 30.3 Å². The van der Waals surface area contributed by atoms with Crippen molar-refractivity contribution in [3.05, 3.63) is 60.4 Å². The van der Waals surface area contributed by atoms with Crippen molar-refractivity contribution in [1.82, 2.24) is 25.1 Å². The standard InChI is InChI=1S/C20H24N6O/c21-18(10-16-11-22-13-23-16)20(27)26-8-6-15(7-9-26)19-17(12-24-25-19)14-4-2-1-3-5-14/h1-5,11-13,15,18H,6-10,21H2,(H,22,23)(H,24,25)/t18-/m0/s1. The van der Waals surface area contributed by atoms with Gasteiger partial charge in [0.25, 0.3) is 0 Å². The monoisotopic (exact) mass is 364 g/mol. The van der Waals surface area contributed by atoms with Gasteiger partial charge in [-0.3, -0.25) is 9.89 Å². The highest BCUT2D eigenvalue weighted by molar-refractivity contribution is 5.82. The number of piperidine rings is 1. The molecule has 1 aliphatic rings. The molecule has 140 valence electrons. The van der Waals surface area contributed by atoms with Crippen LogP contribution in [-0.2, 0) is 11.2 Å². The number of amides is 1. The number of aromatic amines is 2. The molecule has 7 nitrogen and oxygen atoms in total. The van der Waals surface area contributed by atoms with E-state index in [-0.39, 0.29) is 5.91 Å². The highest BCUT2D eigenvalue weighted by atomic mass is 16.2. The molecule has 0 saturated carbocycles. The van der Waals surface area contributed by atoms with Gasteiger partial charge in [-0.05, 0) is 18.4 Å². The topological polar surface area (TPSA) is 104 Å². The van der Waals surface area contributed by atoms with E-state index in [2.05, 4.69) is 32.3 Å². The molecule has 1 aromatic carbocycles. The Bertz CT molecular complexity index is 865. The van der Waals surface area contributed by atoms with Crippen LogP contribution in [-0.4, -0.2) is 50.1 Å². The number of nitrogens with zero attached hydrogens (tertiary/aromatic N) is 3. The number of rotatable bonds is 5. The minimum atomic E-state index is -0.533. The predicted octanol–water partition coefficient (Wildman–Crippen LogP) is 2.08. The molecule has 1 aliphatic heterocycles. The first kappa shape index (κ1) is 17.5. The molecular formula is C20H24N6O. The lowest BCUT2D eigenvalue weighted by molar-refractivity contribution is -0.133. The van der Waals surface area contributed by atoms with Gasteiger partial charge in [0.05, 0.1) is 18.6 Å². The van der Waals surface area contributed by atoms with Crippen LogP contribution in [0.5, 0.6) is 0 Å². The summed E-state index contributed by atoms with van der Waals surface area (Å²) >= 11 is 0. The number of imidazole rings is 1. The summed E-state index contributed by atoms with van der Waals surface area (Å²) < 4.78 is 0. The van der Waals surface area contributed by atoms with E-state index >= 15 is 0 Å². The number of nitrogens with one attached hydrogen (secondary N) is 2. The van der Waals surface area contributed by atoms with Gasteiger partial charge < -0.3 is 15.6 Å². The number of hydrogen-bond donors (Lipinski definition) is 3. The lowest BCUT2D eigenvalue weighted by Gasteiger charge is -2.33. The molecule has 1 saturated heterocycles. The van der Waals surface area contributed by atoms with Crippen molar-refractivity contribution >= 4 is 5.91 Å². The summed E-state index contributed by atoms with van der Waals surface area (Å²) in [6.07, 6.45) is 7.50. The molecule has 0 spiro atoms. The molecule has 3 heterocycles. The van der Waals surface area contributed by atoms with E-state index in [9.17, 15) is 4.79 Å². The van der Waals surface area contributed by atoms with Crippen LogP contribution >= 0.6 is 0 Å². The van der Waals surface area contributed by atoms with Crippen molar-refractivity contribution in [1.29, 1.82) is 0 Å². The molecule has 1 fully saturated rings. The first-order valence-electron chi connectivity index (χ1n) is 9.32. The summed E-state index contributed by atoms with van der Waals surface area (Å²) in [7, 11) is 0.